The minimum atomic E-state index is 0. The van der Waals surface area contributed by atoms with Gasteiger partial charge in [0.05, 0.1) is 14.2 Å². The molecule has 0 heterocycles. The van der Waals surface area contributed by atoms with Crippen molar-refractivity contribution in [3.05, 3.63) is 23.8 Å². The van der Waals surface area contributed by atoms with Crippen LogP contribution in [0, 0.1) is 0 Å². The number of benzene rings is 1. The highest BCUT2D eigenvalue weighted by molar-refractivity contribution is 14.0. The van der Waals surface area contributed by atoms with Crippen molar-refractivity contribution >= 4 is 41.7 Å². The molecule has 0 atom stereocenters. The zero-order valence-electron chi connectivity index (χ0n) is 13.9. The van der Waals surface area contributed by atoms with Crippen molar-refractivity contribution < 1.29 is 9.47 Å². The molecule has 1 rings (SSSR count). The van der Waals surface area contributed by atoms with Crippen molar-refractivity contribution in [1.82, 2.24) is 10.2 Å². The molecular weight excluding hydrogens is 413 g/mol. The van der Waals surface area contributed by atoms with Gasteiger partial charge < -0.3 is 19.7 Å². The second-order valence-corrected chi connectivity index (χ2v) is 5.49. The number of hydrogen-bond acceptors (Lipinski definition) is 4. The molecule has 0 amide bonds. The highest BCUT2D eigenvalue weighted by Gasteiger charge is 2.10. The summed E-state index contributed by atoms with van der Waals surface area (Å²) in [6, 6.07) is 5.85. The van der Waals surface area contributed by atoms with Gasteiger partial charge in [0.2, 0.25) is 0 Å². The largest absolute Gasteiger partial charge is 0.497 e. The van der Waals surface area contributed by atoms with E-state index in [1.54, 1.807) is 21.3 Å². The van der Waals surface area contributed by atoms with Gasteiger partial charge in [0.15, 0.2) is 5.96 Å². The first kappa shape index (κ1) is 21.2. The number of nitrogens with zero attached hydrogens (tertiary/aromatic N) is 2. The zero-order chi connectivity index (χ0) is 15.7. The topological polar surface area (TPSA) is 46.1 Å². The van der Waals surface area contributed by atoms with Gasteiger partial charge in [-0.3, -0.25) is 4.99 Å². The number of aliphatic imine (C=N–C) groups is 1. The van der Waals surface area contributed by atoms with Crippen LogP contribution < -0.4 is 14.8 Å². The van der Waals surface area contributed by atoms with E-state index in [2.05, 4.69) is 21.5 Å². The van der Waals surface area contributed by atoms with Gasteiger partial charge in [-0.25, -0.2) is 0 Å². The molecule has 1 N–H and O–H groups in total. The third-order valence-electron chi connectivity index (χ3n) is 3.06. The van der Waals surface area contributed by atoms with E-state index < -0.39 is 0 Å². The lowest BCUT2D eigenvalue weighted by molar-refractivity contribution is 0.382. The van der Waals surface area contributed by atoms with Crippen molar-refractivity contribution in [2.24, 2.45) is 4.99 Å². The van der Waals surface area contributed by atoms with E-state index in [0.29, 0.717) is 6.54 Å². The highest BCUT2D eigenvalue weighted by atomic mass is 127. The average molecular weight is 439 g/mol. The van der Waals surface area contributed by atoms with Gasteiger partial charge in [0.1, 0.15) is 11.5 Å². The molecule has 22 heavy (non-hydrogen) atoms. The summed E-state index contributed by atoms with van der Waals surface area (Å²) in [5.74, 6) is 3.54. The van der Waals surface area contributed by atoms with Crippen LogP contribution in [0.15, 0.2) is 23.2 Å². The monoisotopic (exact) mass is 439 g/mol. The highest BCUT2D eigenvalue weighted by Crippen LogP contribution is 2.25. The number of thioether (sulfide) groups is 1. The van der Waals surface area contributed by atoms with Gasteiger partial charge in [-0.05, 0) is 18.4 Å². The van der Waals surface area contributed by atoms with Gasteiger partial charge in [-0.15, -0.1) is 24.0 Å². The minimum absolute atomic E-state index is 0. The van der Waals surface area contributed by atoms with E-state index in [0.717, 1.165) is 35.3 Å². The van der Waals surface area contributed by atoms with Gasteiger partial charge in [-0.1, -0.05) is 0 Å². The SMILES string of the molecule is CN=C(NCCSC)N(C)Cc1ccc(OC)cc1OC.I. The number of halogens is 1. The number of guanidine groups is 1. The third-order valence-corrected chi connectivity index (χ3v) is 3.68. The van der Waals surface area contributed by atoms with Crippen molar-refractivity contribution in [2.75, 3.05) is 46.9 Å². The molecule has 7 heteroatoms. The number of rotatable bonds is 7. The van der Waals surface area contributed by atoms with Crippen LogP contribution in [-0.2, 0) is 6.54 Å². The summed E-state index contributed by atoms with van der Waals surface area (Å²) in [4.78, 5) is 6.38. The lowest BCUT2D eigenvalue weighted by atomic mass is 10.2. The lowest BCUT2D eigenvalue weighted by Gasteiger charge is -2.23. The second-order valence-electron chi connectivity index (χ2n) is 4.50. The molecule has 0 bridgehead atoms. The Labute approximate surface area is 154 Å². The molecule has 5 nitrogen and oxygen atoms in total. The van der Waals surface area contributed by atoms with E-state index in [9.17, 15) is 0 Å². The summed E-state index contributed by atoms with van der Waals surface area (Å²) in [5, 5.41) is 3.34. The van der Waals surface area contributed by atoms with Crippen LogP contribution in [0.2, 0.25) is 0 Å². The second kappa shape index (κ2) is 11.7. The molecule has 0 unspecified atom stereocenters. The smallest absolute Gasteiger partial charge is 0.193 e. The predicted octanol–water partition coefficient (Wildman–Crippen LogP) is 2.69. The first-order valence-electron chi connectivity index (χ1n) is 6.77. The Morgan fingerprint density at radius 3 is 2.59 bits per heavy atom. The molecule has 0 radical (unpaired) electrons. The molecular formula is C15H26IN3O2S. The summed E-state index contributed by atoms with van der Waals surface area (Å²) >= 11 is 1.81. The van der Waals surface area contributed by atoms with Gasteiger partial charge in [0, 0.05) is 44.6 Å². The third kappa shape index (κ3) is 6.51. The molecule has 0 saturated carbocycles. The fraction of sp³-hybridized carbons (Fsp3) is 0.533. The van der Waals surface area contributed by atoms with Crippen LogP contribution in [0.1, 0.15) is 5.56 Å². The van der Waals surface area contributed by atoms with E-state index in [1.165, 1.54) is 0 Å². The van der Waals surface area contributed by atoms with Gasteiger partial charge in [0.25, 0.3) is 0 Å². The molecule has 0 aliphatic carbocycles. The van der Waals surface area contributed by atoms with E-state index in [1.807, 2.05) is 37.0 Å². The maximum atomic E-state index is 5.43. The standard InChI is InChI=1S/C15H25N3O2S.HI/c1-16-15(17-8-9-21-5)18(2)11-12-6-7-13(19-3)10-14(12)20-4;/h6-7,10H,8-9,11H2,1-5H3,(H,16,17);1H. The maximum Gasteiger partial charge on any atom is 0.193 e. The molecule has 0 spiro atoms. The number of hydrogen-bond donors (Lipinski definition) is 1. The van der Waals surface area contributed by atoms with Gasteiger partial charge >= 0.3 is 0 Å². The van der Waals surface area contributed by atoms with Crippen LogP contribution in [0.25, 0.3) is 0 Å². The summed E-state index contributed by atoms with van der Waals surface area (Å²) in [7, 11) is 7.13. The molecule has 0 aliphatic rings. The summed E-state index contributed by atoms with van der Waals surface area (Å²) < 4.78 is 10.6. The molecule has 0 aliphatic heterocycles. The fourth-order valence-corrected chi connectivity index (χ4v) is 2.27. The Kier molecular flexibility index (Phi) is 11.3. The zero-order valence-corrected chi connectivity index (χ0v) is 17.0. The van der Waals surface area contributed by atoms with Crippen LogP contribution >= 0.6 is 35.7 Å². The van der Waals surface area contributed by atoms with Crippen LogP contribution in [-0.4, -0.2) is 57.7 Å². The first-order chi connectivity index (χ1) is 10.2. The molecule has 1 aromatic carbocycles. The summed E-state index contributed by atoms with van der Waals surface area (Å²) in [6.07, 6.45) is 2.09. The number of ether oxygens (including phenoxy) is 2. The van der Waals surface area contributed by atoms with Crippen LogP contribution in [0.5, 0.6) is 11.5 Å². The molecule has 1 aromatic rings. The summed E-state index contributed by atoms with van der Waals surface area (Å²) in [6.45, 7) is 1.62. The minimum Gasteiger partial charge on any atom is -0.497 e. The molecule has 0 aromatic heterocycles. The van der Waals surface area contributed by atoms with Crippen molar-refractivity contribution in [3.63, 3.8) is 0 Å². The first-order valence-corrected chi connectivity index (χ1v) is 8.17. The fourth-order valence-electron chi connectivity index (χ4n) is 1.96. The molecule has 0 fully saturated rings. The Hall–Kier alpha value is -0.830. The van der Waals surface area contributed by atoms with Crippen molar-refractivity contribution in [2.45, 2.75) is 6.54 Å². The Morgan fingerprint density at radius 2 is 2.05 bits per heavy atom. The van der Waals surface area contributed by atoms with Gasteiger partial charge in [-0.2, -0.15) is 11.8 Å². The van der Waals surface area contributed by atoms with E-state index >= 15 is 0 Å². The normalized spacial score (nSPS) is 10.7. The van der Waals surface area contributed by atoms with Crippen LogP contribution in [0.3, 0.4) is 0 Å². The Morgan fingerprint density at radius 1 is 1.32 bits per heavy atom. The number of nitrogens with one attached hydrogen (secondary N) is 1. The quantitative estimate of drug-likeness (QED) is 0.307. The average Bonchev–Trinajstić information content (AvgIpc) is 2.51. The Bertz CT molecular complexity index is 472. The maximum absolute atomic E-state index is 5.43. The number of methoxy groups -OCH3 is 2. The van der Waals surface area contributed by atoms with Crippen molar-refractivity contribution in [1.29, 1.82) is 0 Å². The van der Waals surface area contributed by atoms with E-state index in [-0.39, 0.29) is 24.0 Å². The van der Waals surface area contributed by atoms with Crippen LogP contribution in [0.4, 0.5) is 0 Å². The van der Waals surface area contributed by atoms with Crippen molar-refractivity contribution in [3.8, 4) is 11.5 Å². The predicted molar refractivity (Wildman–Crippen MR) is 106 cm³/mol. The summed E-state index contributed by atoms with van der Waals surface area (Å²) in [5.41, 5.74) is 1.09. The van der Waals surface area contributed by atoms with E-state index in [4.69, 9.17) is 9.47 Å². The Balaban J connectivity index is 0.00000441. The lowest BCUT2D eigenvalue weighted by Crippen LogP contribution is -2.39. The molecule has 126 valence electrons. The molecule has 0 saturated heterocycles.